The van der Waals surface area contributed by atoms with Gasteiger partial charge in [-0.2, -0.15) is 0 Å². The zero-order chi connectivity index (χ0) is 18.5. The minimum absolute atomic E-state index is 0.0777. The maximum Gasteiger partial charge on any atom is 0.264 e. The van der Waals surface area contributed by atoms with Crippen LogP contribution in [0.5, 0.6) is 5.75 Å². The van der Waals surface area contributed by atoms with Gasteiger partial charge in [-0.15, -0.1) is 0 Å². The van der Waals surface area contributed by atoms with Crippen LogP contribution in [0.15, 0.2) is 47.6 Å². The van der Waals surface area contributed by atoms with Gasteiger partial charge in [0.05, 0.1) is 12.8 Å². The number of methoxy groups -OCH3 is 1. The second kappa shape index (κ2) is 7.95. The highest BCUT2D eigenvalue weighted by atomic mass is 19.2. The number of amides is 1. The molecule has 7 heteroatoms. The van der Waals surface area contributed by atoms with E-state index >= 15 is 0 Å². The Morgan fingerprint density at radius 3 is 2.92 bits per heavy atom. The van der Waals surface area contributed by atoms with Crippen LogP contribution in [0.4, 0.5) is 8.78 Å². The van der Waals surface area contributed by atoms with Crippen molar-refractivity contribution < 1.29 is 23.1 Å². The molecule has 1 atom stereocenters. The zero-order valence-electron chi connectivity index (χ0n) is 14.2. The van der Waals surface area contributed by atoms with Gasteiger partial charge in [-0.05, 0) is 23.8 Å². The number of hydrogen-bond acceptors (Lipinski definition) is 4. The van der Waals surface area contributed by atoms with Crippen molar-refractivity contribution in [2.45, 2.75) is 25.5 Å². The second-order valence-electron chi connectivity index (χ2n) is 5.91. The summed E-state index contributed by atoms with van der Waals surface area (Å²) in [5.74, 6) is -1.58. The number of nitrogens with one attached hydrogen (secondary N) is 1. The number of oxime groups is 1. The number of nitrogens with zero attached hydrogens (tertiary/aromatic N) is 1. The molecule has 0 radical (unpaired) electrons. The molecule has 1 aliphatic heterocycles. The van der Waals surface area contributed by atoms with Crippen molar-refractivity contribution in [2.24, 2.45) is 5.16 Å². The highest BCUT2D eigenvalue weighted by Crippen LogP contribution is 2.18. The van der Waals surface area contributed by atoms with Crippen molar-refractivity contribution in [3.05, 3.63) is 65.2 Å². The molecule has 1 aliphatic rings. The van der Waals surface area contributed by atoms with Crippen molar-refractivity contribution in [1.29, 1.82) is 0 Å². The fourth-order valence-electron chi connectivity index (χ4n) is 2.67. The molecule has 136 valence electrons. The highest BCUT2D eigenvalue weighted by molar-refractivity contribution is 5.93. The average Bonchev–Trinajstić information content (AvgIpc) is 3.11. The lowest BCUT2D eigenvalue weighted by Crippen LogP contribution is -2.34. The second-order valence-corrected chi connectivity index (χ2v) is 5.91. The fraction of sp³-hybridized carbons (Fsp3) is 0.263. The summed E-state index contributed by atoms with van der Waals surface area (Å²) >= 11 is 0. The van der Waals surface area contributed by atoms with E-state index in [0.29, 0.717) is 12.8 Å². The molecule has 0 saturated carbocycles. The number of ether oxygens (including phenoxy) is 1. The van der Waals surface area contributed by atoms with Gasteiger partial charge in [0.2, 0.25) is 6.10 Å². The van der Waals surface area contributed by atoms with Crippen LogP contribution in [-0.2, 0) is 22.6 Å². The normalized spacial score (nSPS) is 16.0. The first kappa shape index (κ1) is 17.8. The average molecular weight is 360 g/mol. The summed E-state index contributed by atoms with van der Waals surface area (Å²) in [7, 11) is 1.59. The summed E-state index contributed by atoms with van der Waals surface area (Å²) in [6.45, 7) is -0.118. The van der Waals surface area contributed by atoms with E-state index in [1.54, 1.807) is 7.11 Å². The van der Waals surface area contributed by atoms with Gasteiger partial charge in [0.25, 0.3) is 5.91 Å². The molecule has 0 aromatic heterocycles. The van der Waals surface area contributed by atoms with E-state index in [1.807, 2.05) is 24.3 Å². The predicted molar refractivity (Wildman–Crippen MR) is 91.8 cm³/mol. The zero-order valence-corrected chi connectivity index (χ0v) is 14.2. The molecule has 0 bridgehead atoms. The van der Waals surface area contributed by atoms with Gasteiger partial charge in [0, 0.05) is 24.9 Å². The maximum atomic E-state index is 13.6. The maximum absolute atomic E-state index is 13.6. The van der Waals surface area contributed by atoms with Gasteiger partial charge in [-0.25, -0.2) is 8.78 Å². The summed E-state index contributed by atoms with van der Waals surface area (Å²) in [5.41, 5.74) is 1.80. The standard InChI is InChI=1S/C19H18F2N2O3/c1-25-15-6-2-4-12(9-15)8-14-10-17(26-23-14)19(24)22-11-13-5-3-7-16(20)18(13)21/h2-7,9,17H,8,10-11H2,1H3,(H,22,24). The molecule has 0 aliphatic carbocycles. The summed E-state index contributed by atoms with van der Waals surface area (Å²) < 4.78 is 32.0. The molecule has 2 aromatic rings. The number of carbonyl (C=O) groups excluding carboxylic acids is 1. The van der Waals surface area contributed by atoms with Crippen molar-refractivity contribution >= 4 is 11.6 Å². The number of halogens is 2. The quantitative estimate of drug-likeness (QED) is 0.862. The minimum Gasteiger partial charge on any atom is -0.497 e. The molecular formula is C19H18F2N2O3. The van der Waals surface area contributed by atoms with Gasteiger partial charge in [-0.3, -0.25) is 4.79 Å². The molecule has 1 amide bonds. The molecule has 0 spiro atoms. The molecule has 26 heavy (non-hydrogen) atoms. The highest BCUT2D eigenvalue weighted by Gasteiger charge is 2.28. The van der Waals surface area contributed by atoms with Gasteiger partial charge in [0.15, 0.2) is 11.6 Å². The third-order valence-corrected chi connectivity index (χ3v) is 4.05. The molecule has 5 nitrogen and oxygen atoms in total. The third-order valence-electron chi connectivity index (χ3n) is 4.05. The Labute approximate surface area is 149 Å². The fourth-order valence-corrected chi connectivity index (χ4v) is 2.67. The minimum atomic E-state index is -0.963. The largest absolute Gasteiger partial charge is 0.497 e. The van der Waals surface area contributed by atoms with Gasteiger partial charge in [-0.1, -0.05) is 29.4 Å². The van der Waals surface area contributed by atoms with E-state index in [0.717, 1.165) is 23.1 Å². The summed E-state index contributed by atoms with van der Waals surface area (Å²) in [6.07, 6.45) is 0.112. The van der Waals surface area contributed by atoms with Crippen LogP contribution in [0.2, 0.25) is 0 Å². The van der Waals surface area contributed by atoms with E-state index in [4.69, 9.17) is 9.57 Å². The van der Waals surface area contributed by atoms with Crippen molar-refractivity contribution in [2.75, 3.05) is 7.11 Å². The number of benzene rings is 2. The van der Waals surface area contributed by atoms with Crippen LogP contribution in [0, 0.1) is 11.6 Å². The number of rotatable bonds is 6. The summed E-state index contributed by atoms with van der Waals surface area (Å²) in [5, 5.41) is 6.50. The first-order valence-corrected chi connectivity index (χ1v) is 8.12. The lowest BCUT2D eigenvalue weighted by Gasteiger charge is -2.10. The van der Waals surface area contributed by atoms with Crippen LogP contribution in [0.1, 0.15) is 17.5 Å². The molecule has 1 heterocycles. The number of hydrogen-bond donors (Lipinski definition) is 1. The Morgan fingerprint density at radius 1 is 1.31 bits per heavy atom. The lowest BCUT2D eigenvalue weighted by atomic mass is 10.0. The molecular weight excluding hydrogens is 342 g/mol. The van der Waals surface area contributed by atoms with Crippen molar-refractivity contribution in [1.82, 2.24) is 5.32 Å². The van der Waals surface area contributed by atoms with E-state index in [2.05, 4.69) is 10.5 Å². The third kappa shape index (κ3) is 4.17. The Balaban J connectivity index is 1.52. The Kier molecular flexibility index (Phi) is 5.46. The topological polar surface area (TPSA) is 59.9 Å². The first-order valence-electron chi connectivity index (χ1n) is 8.12. The SMILES string of the molecule is COc1cccc(CC2=NOC(C(=O)NCc3cccc(F)c3F)C2)c1. The van der Waals surface area contributed by atoms with E-state index in [1.165, 1.54) is 12.1 Å². The smallest absolute Gasteiger partial charge is 0.264 e. The van der Waals surface area contributed by atoms with Gasteiger partial charge < -0.3 is 14.9 Å². The molecule has 0 fully saturated rings. The predicted octanol–water partition coefficient (Wildman–Crippen LogP) is 2.98. The Hall–Kier alpha value is -2.96. The van der Waals surface area contributed by atoms with E-state index < -0.39 is 23.6 Å². The lowest BCUT2D eigenvalue weighted by molar-refractivity contribution is -0.131. The molecule has 3 rings (SSSR count). The van der Waals surface area contributed by atoms with Crippen LogP contribution in [0.3, 0.4) is 0 Å². The summed E-state index contributed by atoms with van der Waals surface area (Å²) in [4.78, 5) is 17.3. The summed E-state index contributed by atoms with van der Waals surface area (Å²) in [6, 6.07) is 11.4. The van der Waals surface area contributed by atoms with E-state index in [-0.39, 0.29) is 12.1 Å². The van der Waals surface area contributed by atoms with Crippen molar-refractivity contribution in [3.8, 4) is 5.75 Å². The van der Waals surface area contributed by atoms with Crippen LogP contribution < -0.4 is 10.1 Å². The van der Waals surface area contributed by atoms with Crippen molar-refractivity contribution in [3.63, 3.8) is 0 Å². The molecule has 2 aromatic carbocycles. The van der Waals surface area contributed by atoms with Crippen LogP contribution >= 0.6 is 0 Å². The molecule has 0 saturated heterocycles. The number of carbonyl (C=O) groups is 1. The first-order chi connectivity index (χ1) is 12.6. The monoisotopic (exact) mass is 360 g/mol. The van der Waals surface area contributed by atoms with E-state index in [9.17, 15) is 13.6 Å². The van der Waals surface area contributed by atoms with Crippen LogP contribution in [0.25, 0.3) is 0 Å². The van der Waals surface area contributed by atoms with Crippen LogP contribution in [-0.4, -0.2) is 24.8 Å². The molecule has 1 unspecified atom stereocenters. The Bertz CT molecular complexity index is 839. The van der Waals surface area contributed by atoms with Gasteiger partial charge >= 0.3 is 0 Å². The Morgan fingerprint density at radius 2 is 2.12 bits per heavy atom. The molecule has 1 N–H and O–H groups in total. The van der Waals surface area contributed by atoms with Gasteiger partial charge in [0.1, 0.15) is 5.75 Å².